The molecule has 1 amide bonds. The lowest BCUT2D eigenvalue weighted by Gasteiger charge is -2.35. The van der Waals surface area contributed by atoms with Gasteiger partial charge < -0.3 is 4.90 Å². The van der Waals surface area contributed by atoms with Crippen LogP contribution in [-0.2, 0) is 14.8 Å². The van der Waals surface area contributed by atoms with Crippen LogP contribution in [0.1, 0.15) is 25.5 Å². The Morgan fingerprint density at radius 1 is 1.19 bits per heavy atom. The van der Waals surface area contributed by atoms with E-state index in [9.17, 15) is 18.0 Å². The largest absolute Gasteiger partial charge is 0.339 e. The Labute approximate surface area is 151 Å². The number of piperazine rings is 1. The first kappa shape index (κ1) is 18.5. The molecule has 0 radical (unpaired) electrons. The van der Waals surface area contributed by atoms with E-state index >= 15 is 0 Å². The number of nitrogens with zero attached hydrogens (tertiary/aromatic N) is 3. The highest BCUT2D eigenvalue weighted by Gasteiger charge is 2.31. The number of hydrogen-bond acceptors (Lipinski definition) is 5. The lowest BCUT2D eigenvalue weighted by Crippen LogP contribution is -2.51. The Morgan fingerprint density at radius 2 is 1.81 bits per heavy atom. The summed E-state index contributed by atoms with van der Waals surface area (Å²) in [7, 11) is -3.23. The summed E-state index contributed by atoms with van der Waals surface area (Å²) in [5.74, 6) is -0.598. The highest BCUT2D eigenvalue weighted by Crippen LogP contribution is 2.23. The van der Waals surface area contributed by atoms with Crippen LogP contribution in [0.4, 0.5) is 0 Å². The summed E-state index contributed by atoms with van der Waals surface area (Å²) < 4.78 is 25.3. The van der Waals surface area contributed by atoms with E-state index in [4.69, 9.17) is 0 Å². The van der Waals surface area contributed by atoms with Gasteiger partial charge in [0.25, 0.3) is 5.56 Å². The summed E-state index contributed by atoms with van der Waals surface area (Å²) in [5, 5.41) is 7.70. The summed E-state index contributed by atoms with van der Waals surface area (Å²) in [6.45, 7) is 4.67. The van der Waals surface area contributed by atoms with Crippen LogP contribution in [0, 0.1) is 0 Å². The monoisotopic (exact) mass is 378 g/mol. The van der Waals surface area contributed by atoms with E-state index in [1.807, 2.05) is 0 Å². The summed E-state index contributed by atoms with van der Waals surface area (Å²) in [6, 6.07) is 7.05. The maximum absolute atomic E-state index is 12.9. The normalized spacial score (nSPS) is 17.4. The fourth-order valence-corrected chi connectivity index (χ4v) is 4.31. The van der Waals surface area contributed by atoms with E-state index in [2.05, 4.69) is 10.2 Å². The number of aromatic nitrogens is 2. The van der Waals surface area contributed by atoms with E-state index < -0.39 is 15.9 Å². The molecule has 1 unspecified atom stereocenters. The first-order valence-electron chi connectivity index (χ1n) is 8.59. The van der Waals surface area contributed by atoms with Crippen LogP contribution in [-0.4, -0.2) is 65.7 Å². The molecule has 8 nitrogen and oxygen atoms in total. The average Bonchev–Trinajstić information content (AvgIpc) is 2.67. The topological polar surface area (TPSA) is 103 Å². The van der Waals surface area contributed by atoms with Crippen molar-refractivity contribution < 1.29 is 13.2 Å². The molecule has 1 aliphatic rings. The number of sulfonamides is 1. The molecule has 1 aliphatic heterocycles. The molecular weight excluding hydrogens is 356 g/mol. The predicted molar refractivity (Wildman–Crippen MR) is 98.4 cm³/mol. The second kappa shape index (κ2) is 7.16. The van der Waals surface area contributed by atoms with Gasteiger partial charge in [0, 0.05) is 31.6 Å². The third-order valence-electron chi connectivity index (χ3n) is 4.81. The number of rotatable bonds is 4. The quantitative estimate of drug-likeness (QED) is 0.835. The van der Waals surface area contributed by atoms with Crippen LogP contribution in [0.25, 0.3) is 10.8 Å². The third kappa shape index (κ3) is 3.36. The molecular formula is C17H22N4O4S. The highest BCUT2D eigenvalue weighted by molar-refractivity contribution is 7.89. The van der Waals surface area contributed by atoms with Gasteiger partial charge in [0.1, 0.15) is 0 Å². The maximum Gasteiger partial charge on any atom is 0.272 e. The van der Waals surface area contributed by atoms with Crippen LogP contribution >= 0.6 is 0 Å². The summed E-state index contributed by atoms with van der Waals surface area (Å²) >= 11 is 0. The number of amides is 1. The number of benzene rings is 1. The number of H-pyrrole nitrogens is 1. The summed E-state index contributed by atoms with van der Waals surface area (Å²) in [4.78, 5) is 26.4. The zero-order valence-electron chi connectivity index (χ0n) is 14.8. The van der Waals surface area contributed by atoms with Gasteiger partial charge in [-0.3, -0.25) is 9.59 Å². The molecule has 0 spiro atoms. The first-order chi connectivity index (χ1) is 12.3. The molecule has 0 saturated carbocycles. The Balaban J connectivity index is 1.80. The third-order valence-corrected chi connectivity index (χ3v) is 6.70. The van der Waals surface area contributed by atoms with Crippen molar-refractivity contribution in [2.45, 2.75) is 19.8 Å². The molecule has 2 heterocycles. The van der Waals surface area contributed by atoms with Gasteiger partial charge in [-0.1, -0.05) is 18.2 Å². The van der Waals surface area contributed by atoms with E-state index in [-0.39, 0.29) is 17.2 Å². The molecule has 1 atom stereocenters. The molecule has 1 aromatic heterocycles. The molecule has 140 valence electrons. The fraction of sp³-hybridized carbons (Fsp3) is 0.471. The van der Waals surface area contributed by atoms with Gasteiger partial charge in [-0.2, -0.15) is 9.40 Å². The molecule has 2 aromatic rings. The van der Waals surface area contributed by atoms with Crippen molar-refractivity contribution in [2.75, 3.05) is 31.9 Å². The predicted octanol–water partition coefficient (Wildman–Crippen LogP) is 0.521. The fourth-order valence-electron chi connectivity index (χ4n) is 3.23. The number of hydrogen-bond donors (Lipinski definition) is 1. The second-order valence-electron chi connectivity index (χ2n) is 6.33. The standard InChI is InChI=1S/C17H22N4O4S/c1-3-26(24,25)21-10-8-20(9-11-21)17(23)12(2)15-13-6-4-5-7-14(13)16(22)19-18-15/h4-7,12H,3,8-11H2,1-2H3,(H,19,22). The SMILES string of the molecule is CCS(=O)(=O)N1CCN(C(=O)C(C)c2n[nH]c(=O)c3ccccc23)CC1. The van der Waals surface area contributed by atoms with Gasteiger partial charge in [0.05, 0.1) is 22.8 Å². The van der Waals surface area contributed by atoms with Crippen molar-refractivity contribution in [3.8, 4) is 0 Å². The van der Waals surface area contributed by atoms with Crippen LogP contribution in [0.5, 0.6) is 0 Å². The lowest BCUT2D eigenvalue weighted by molar-refractivity contribution is -0.133. The molecule has 0 bridgehead atoms. The molecule has 1 saturated heterocycles. The molecule has 26 heavy (non-hydrogen) atoms. The number of aromatic amines is 1. The van der Waals surface area contributed by atoms with Crippen molar-refractivity contribution in [1.29, 1.82) is 0 Å². The summed E-state index contributed by atoms with van der Waals surface area (Å²) in [5.41, 5.74) is 0.233. The van der Waals surface area contributed by atoms with Crippen molar-refractivity contribution in [3.05, 3.63) is 40.3 Å². The van der Waals surface area contributed by atoms with Crippen LogP contribution in [0.15, 0.2) is 29.1 Å². The first-order valence-corrected chi connectivity index (χ1v) is 10.2. The zero-order chi connectivity index (χ0) is 18.9. The minimum Gasteiger partial charge on any atom is -0.339 e. The van der Waals surface area contributed by atoms with E-state index in [0.717, 1.165) is 0 Å². The van der Waals surface area contributed by atoms with Crippen LogP contribution in [0.3, 0.4) is 0 Å². The highest BCUT2D eigenvalue weighted by atomic mass is 32.2. The van der Waals surface area contributed by atoms with E-state index in [1.165, 1.54) is 4.31 Å². The van der Waals surface area contributed by atoms with Gasteiger partial charge in [-0.15, -0.1) is 0 Å². The Bertz CT molecular complexity index is 978. The summed E-state index contributed by atoms with van der Waals surface area (Å²) in [6.07, 6.45) is 0. The van der Waals surface area contributed by atoms with Crippen LogP contribution < -0.4 is 5.56 Å². The Kier molecular flexibility index (Phi) is 5.10. The van der Waals surface area contributed by atoms with Gasteiger partial charge in [0.2, 0.25) is 15.9 Å². The van der Waals surface area contributed by atoms with Gasteiger partial charge in [0.15, 0.2) is 0 Å². The van der Waals surface area contributed by atoms with Crippen molar-refractivity contribution in [2.24, 2.45) is 0 Å². The number of fused-ring (bicyclic) bond motifs is 1. The zero-order valence-corrected chi connectivity index (χ0v) is 15.6. The molecule has 1 fully saturated rings. The molecule has 9 heteroatoms. The number of carbonyl (C=O) groups excluding carboxylic acids is 1. The number of carbonyl (C=O) groups is 1. The Hall–Kier alpha value is -2.26. The van der Waals surface area contributed by atoms with Gasteiger partial charge in [-0.25, -0.2) is 13.5 Å². The van der Waals surface area contributed by atoms with Crippen molar-refractivity contribution >= 4 is 26.7 Å². The Morgan fingerprint density at radius 3 is 2.42 bits per heavy atom. The van der Waals surface area contributed by atoms with Gasteiger partial charge in [-0.05, 0) is 19.9 Å². The minimum absolute atomic E-state index is 0.0602. The van der Waals surface area contributed by atoms with Crippen molar-refractivity contribution in [3.63, 3.8) is 0 Å². The molecule has 1 N–H and O–H groups in total. The number of nitrogens with one attached hydrogen (secondary N) is 1. The van der Waals surface area contributed by atoms with Gasteiger partial charge >= 0.3 is 0 Å². The smallest absolute Gasteiger partial charge is 0.272 e. The lowest BCUT2D eigenvalue weighted by atomic mass is 10.00. The van der Waals surface area contributed by atoms with E-state index in [1.54, 1.807) is 43.0 Å². The molecule has 3 rings (SSSR count). The molecule has 1 aromatic carbocycles. The average molecular weight is 378 g/mol. The minimum atomic E-state index is -3.23. The maximum atomic E-state index is 12.9. The van der Waals surface area contributed by atoms with Crippen molar-refractivity contribution in [1.82, 2.24) is 19.4 Å². The second-order valence-corrected chi connectivity index (χ2v) is 8.59. The van der Waals surface area contributed by atoms with E-state index in [0.29, 0.717) is 42.6 Å². The molecule has 0 aliphatic carbocycles. The van der Waals surface area contributed by atoms with Crippen LogP contribution in [0.2, 0.25) is 0 Å².